The Morgan fingerprint density at radius 1 is 1.17 bits per heavy atom. The molecule has 1 rings (SSSR count). The van der Waals surface area contributed by atoms with E-state index in [1.165, 1.54) is 0 Å². The zero-order chi connectivity index (χ0) is 8.86. The van der Waals surface area contributed by atoms with Gasteiger partial charge >= 0.3 is 0 Å². The first-order valence-electron chi connectivity index (χ1n) is 4.05. The number of hydrogen-bond donors (Lipinski definition) is 2. The molecular weight excluding hydrogens is 156 g/mol. The van der Waals surface area contributed by atoms with E-state index in [2.05, 4.69) is 0 Å². The van der Waals surface area contributed by atoms with Gasteiger partial charge in [0.15, 0.2) is 0 Å². The van der Waals surface area contributed by atoms with Crippen molar-refractivity contribution in [2.45, 2.75) is 24.9 Å². The quantitative estimate of drug-likeness (QED) is 0.635. The third-order valence-electron chi connectivity index (χ3n) is 2.16. The molecule has 12 heavy (non-hydrogen) atoms. The van der Waals surface area contributed by atoms with Crippen LogP contribution < -0.4 is 0 Å². The van der Waals surface area contributed by atoms with Crippen molar-refractivity contribution in [3.8, 4) is 0 Å². The molecule has 2 N–H and O–H groups in total. The van der Waals surface area contributed by atoms with Crippen LogP contribution in [0.15, 0.2) is 24.7 Å². The zero-order valence-electron chi connectivity index (χ0n) is 6.94. The summed E-state index contributed by atoms with van der Waals surface area (Å²) in [5, 5.41) is 16.9. The maximum absolute atomic E-state index is 8.47. The minimum Gasteiger partial charge on any atom is -0.516 e. The highest BCUT2D eigenvalue weighted by Gasteiger charge is 2.35. The minimum absolute atomic E-state index is 0.168. The van der Waals surface area contributed by atoms with Gasteiger partial charge in [0.2, 0.25) is 0 Å². The molecule has 0 saturated carbocycles. The fourth-order valence-corrected chi connectivity index (χ4v) is 1.33. The fraction of sp³-hybridized carbons (Fsp3) is 0.556. The predicted molar refractivity (Wildman–Crippen MR) is 46.1 cm³/mol. The molecule has 0 atom stereocenters. The van der Waals surface area contributed by atoms with Crippen LogP contribution in [0.5, 0.6) is 0 Å². The second kappa shape index (κ2) is 4.16. The van der Waals surface area contributed by atoms with E-state index in [0.29, 0.717) is 12.8 Å². The molecule has 0 aromatic heterocycles. The number of hydrogen-bond acceptors (Lipinski definition) is 3. The summed E-state index contributed by atoms with van der Waals surface area (Å²) in [7, 11) is 0. The average molecular weight is 170 g/mol. The van der Waals surface area contributed by atoms with Crippen LogP contribution in [-0.4, -0.2) is 22.4 Å². The van der Waals surface area contributed by atoms with Crippen LogP contribution in [0.1, 0.15) is 19.3 Å². The lowest BCUT2D eigenvalue weighted by Crippen LogP contribution is -2.42. The molecule has 0 aromatic carbocycles. The van der Waals surface area contributed by atoms with Crippen molar-refractivity contribution in [1.29, 1.82) is 0 Å². The van der Waals surface area contributed by atoms with Crippen molar-refractivity contribution in [3.63, 3.8) is 0 Å². The van der Waals surface area contributed by atoms with Gasteiger partial charge in [0.05, 0.1) is 24.7 Å². The molecule has 1 heterocycles. The number of aliphatic hydroxyl groups is 2. The van der Waals surface area contributed by atoms with Crippen LogP contribution in [0, 0.1) is 0 Å². The Morgan fingerprint density at radius 3 is 1.92 bits per heavy atom. The van der Waals surface area contributed by atoms with Crippen LogP contribution in [-0.2, 0) is 4.74 Å². The van der Waals surface area contributed by atoms with Crippen LogP contribution in [0.25, 0.3) is 0 Å². The van der Waals surface area contributed by atoms with E-state index in [0.717, 1.165) is 25.6 Å². The van der Waals surface area contributed by atoms with Gasteiger partial charge < -0.3 is 14.9 Å². The van der Waals surface area contributed by atoms with Crippen molar-refractivity contribution < 1.29 is 14.9 Å². The molecule has 68 valence electrons. The smallest absolute Gasteiger partial charge is 0.0775 e. The molecule has 0 spiro atoms. The summed E-state index contributed by atoms with van der Waals surface area (Å²) >= 11 is 0. The van der Waals surface area contributed by atoms with Crippen molar-refractivity contribution in [2.75, 3.05) is 6.61 Å². The highest BCUT2D eigenvalue weighted by Crippen LogP contribution is 2.34. The van der Waals surface area contributed by atoms with Crippen LogP contribution in [0.3, 0.4) is 0 Å². The Balaban J connectivity index is 2.39. The maximum Gasteiger partial charge on any atom is 0.0775 e. The Labute approximate surface area is 72.0 Å². The standard InChI is InChI=1S/C9H14O3/c10-6-1-3-9(4-2-7-11)5-8-12-9/h1-2,6-7,10-11H,3-5,8H2. The first-order chi connectivity index (χ1) is 5.83. The van der Waals surface area contributed by atoms with Gasteiger partial charge in [0.25, 0.3) is 0 Å². The highest BCUT2D eigenvalue weighted by atomic mass is 16.5. The van der Waals surface area contributed by atoms with Gasteiger partial charge in [-0.2, -0.15) is 0 Å². The average Bonchev–Trinajstić information content (AvgIpc) is 2.02. The summed E-state index contributed by atoms with van der Waals surface area (Å²) in [6.07, 6.45) is 7.80. The van der Waals surface area contributed by atoms with Gasteiger partial charge in [-0.15, -0.1) is 0 Å². The number of rotatable bonds is 4. The lowest BCUT2D eigenvalue weighted by molar-refractivity contribution is -0.142. The second-order valence-corrected chi connectivity index (χ2v) is 2.96. The van der Waals surface area contributed by atoms with Crippen LogP contribution in [0.4, 0.5) is 0 Å². The monoisotopic (exact) mass is 170 g/mol. The molecule has 3 heteroatoms. The van der Waals surface area contributed by atoms with Crippen molar-refractivity contribution >= 4 is 0 Å². The summed E-state index contributed by atoms with van der Waals surface area (Å²) in [4.78, 5) is 0. The number of ether oxygens (including phenoxy) is 1. The van der Waals surface area contributed by atoms with E-state index in [-0.39, 0.29) is 5.60 Å². The maximum atomic E-state index is 8.47. The zero-order valence-corrected chi connectivity index (χ0v) is 6.94. The van der Waals surface area contributed by atoms with Gasteiger partial charge in [-0.1, -0.05) is 0 Å². The van der Waals surface area contributed by atoms with Crippen LogP contribution >= 0.6 is 0 Å². The molecule has 0 aliphatic carbocycles. The van der Waals surface area contributed by atoms with Crippen molar-refractivity contribution in [3.05, 3.63) is 24.7 Å². The Bertz CT molecular complexity index is 164. The minimum atomic E-state index is -0.168. The number of aliphatic hydroxyl groups excluding tert-OH is 2. The van der Waals surface area contributed by atoms with Gasteiger partial charge in [0, 0.05) is 6.42 Å². The first-order valence-corrected chi connectivity index (χ1v) is 4.05. The summed E-state index contributed by atoms with van der Waals surface area (Å²) in [6.45, 7) is 0.776. The topological polar surface area (TPSA) is 49.7 Å². The molecule has 1 aliphatic rings. The third-order valence-corrected chi connectivity index (χ3v) is 2.16. The molecule has 1 fully saturated rings. The van der Waals surface area contributed by atoms with E-state index >= 15 is 0 Å². The lowest BCUT2D eigenvalue weighted by Gasteiger charge is -2.40. The van der Waals surface area contributed by atoms with Crippen molar-refractivity contribution in [2.24, 2.45) is 0 Å². The Hall–Kier alpha value is -0.960. The molecule has 0 unspecified atom stereocenters. The molecule has 0 bridgehead atoms. The summed E-state index contributed by atoms with van der Waals surface area (Å²) < 4.78 is 5.40. The Morgan fingerprint density at radius 2 is 1.67 bits per heavy atom. The predicted octanol–water partition coefficient (Wildman–Crippen LogP) is 2.07. The van der Waals surface area contributed by atoms with E-state index in [4.69, 9.17) is 14.9 Å². The molecule has 1 saturated heterocycles. The molecule has 3 nitrogen and oxygen atoms in total. The molecule has 1 aliphatic heterocycles. The third kappa shape index (κ3) is 2.01. The molecule has 0 aromatic rings. The lowest BCUT2D eigenvalue weighted by atomic mass is 9.87. The van der Waals surface area contributed by atoms with Gasteiger partial charge in [-0.3, -0.25) is 0 Å². The van der Waals surface area contributed by atoms with E-state index < -0.39 is 0 Å². The van der Waals surface area contributed by atoms with E-state index in [1.54, 1.807) is 12.2 Å². The molecule has 0 radical (unpaired) electrons. The van der Waals surface area contributed by atoms with Crippen molar-refractivity contribution in [1.82, 2.24) is 0 Å². The summed E-state index contributed by atoms with van der Waals surface area (Å²) in [5.41, 5.74) is -0.168. The van der Waals surface area contributed by atoms with Crippen LogP contribution in [0.2, 0.25) is 0 Å². The summed E-state index contributed by atoms with van der Waals surface area (Å²) in [6, 6.07) is 0. The Kier molecular flexibility index (Phi) is 3.17. The van der Waals surface area contributed by atoms with Gasteiger partial charge in [0.1, 0.15) is 0 Å². The first kappa shape index (κ1) is 9.13. The SMILES string of the molecule is OC=CCC1(CC=CO)CCO1. The van der Waals surface area contributed by atoms with Gasteiger partial charge in [-0.25, -0.2) is 0 Å². The normalized spacial score (nSPS) is 29.7. The summed E-state index contributed by atoms with van der Waals surface area (Å²) in [5.74, 6) is 0. The molecule has 0 amide bonds. The highest BCUT2D eigenvalue weighted by molar-refractivity contribution is 4.98. The van der Waals surface area contributed by atoms with E-state index in [1.807, 2.05) is 0 Å². The second-order valence-electron chi connectivity index (χ2n) is 2.96. The van der Waals surface area contributed by atoms with E-state index in [9.17, 15) is 0 Å². The molecular formula is C9H14O3. The largest absolute Gasteiger partial charge is 0.516 e. The van der Waals surface area contributed by atoms with Gasteiger partial charge in [-0.05, 0) is 25.0 Å². The fourth-order valence-electron chi connectivity index (χ4n) is 1.33.